The number of methoxy groups -OCH3 is 1. The van der Waals surface area contributed by atoms with Gasteiger partial charge >= 0.3 is 0 Å². The van der Waals surface area contributed by atoms with E-state index in [4.69, 9.17) is 20.9 Å². The van der Waals surface area contributed by atoms with Gasteiger partial charge in [0.25, 0.3) is 0 Å². The molecule has 3 amide bonds. The van der Waals surface area contributed by atoms with E-state index in [1.165, 1.54) is 16.8 Å². The minimum atomic E-state index is -0.919. The molecule has 4 N–H and O–H groups in total. The SMILES string of the molecule is CCCC(=O)N(C)[C@H](CN)C(=O)N(C)[C@@H](CC(C)(C)OCc1ccc(OC)cc1)C(N)=O. The Hall–Kier alpha value is -2.65. The van der Waals surface area contributed by atoms with Crippen LogP contribution in [0.15, 0.2) is 24.3 Å². The Balaban J connectivity index is 2.89. The summed E-state index contributed by atoms with van der Waals surface area (Å²) in [4.78, 5) is 40.2. The molecule has 0 radical (unpaired) electrons. The van der Waals surface area contributed by atoms with Crippen molar-refractivity contribution in [1.29, 1.82) is 0 Å². The second-order valence-electron chi connectivity index (χ2n) is 8.47. The van der Waals surface area contributed by atoms with Crippen LogP contribution in [0.25, 0.3) is 0 Å². The number of hydrogen-bond acceptors (Lipinski definition) is 6. The van der Waals surface area contributed by atoms with Gasteiger partial charge < -0.3 is 30.7 Å². The molecule has 1 aromatic rings. The van der Waals surface area contributed by atoms with E-state index in [0.29, 0.717) is 19.4 Å². The van der Waals surface area contributed by atoms with Crippen molar-refractivity contribution in [2.45, 2.75) is 64.3 Å². The number of amides is 3. The first-order chi connectivity index (χ1) is 15.0. The molecule has 0 aromatic heterocycles. The number of nitrogens with two attached hydrogens (primary N) is 2. The van der Waals surface area contributed by atoms with Crippen LogP contribution in [0.4, 0.5) is 0 Å². The normalized spacial score (nSPS) is 13.2. The summed E-state index contributed by atoms with van der Waals surface area (Å²) in [6, 6.07) is 5.68. The van der Waals surface area contributed by atoms with Crippen LogP contribution in [-0.2, 0) is 25.7 Å². The molecule has 0 aliphatic heterocycles. The first-order valence-electron chi connectivity index (χ1n) is 10.8. The first-order valence-corrected chi connectivity index (χ1v) is 10.8. The molecule has 0 unspecified atom stereocenters. The van der Waals surface area contributed by atoms with Gasteiger partial charge in [-0.05, 0) is 38.0 Å². The van der Waals surface area contributed by atoms with E-state index < -0.39 is 29.5 Å². The molecule has 2 atom stereocenters. The lowest BCUT2D eigenvalue weighted by molar-refractivity contribution is -0.148. The van der Waals surface area contributed by atoms with Crippen molar-refractivity contribution in [2.75, 3.05) is 27.7 Å². The lowest BCUT2D eigenvalue weighted by Crippen LogP contribution is -2.57. The zero-order valence-electron chi connectivity index (χ0n) is 20.1. The second-order valence-corrected chi connectivity index (χ2v) is 8.47. The van der Waals surface area contributed by atoms with Crippen LogP contribution < -0.4 is 16.2 Å². The third-order valence-corrected chi connectivity index (χ3v) is 5.45. The van der Waals surface area contributed by atoms with E-state index in [2.05, 4.69) is 0 Å². The highest BCUT2D eigenvalue weighted by molar-refractivity contribution is 5.91. The van der Waals surface area contributed by atoms with Crippen LogP contribution in [-0.4, -0.2) is 73.0 Å². The Kier molecular flexibility index (Phi) is 10.6. The van der Waals surface area contributed by atoms with Crippen molar-refractivity contribution in [3.63, 3.8) is 0 Å². The van der Waals surface area contributed by atoms with Crippen LogP contribution in [0.3, 0.4) is 0 Å². The fourth-order valence-electron chi connectivity index (χ4n) is 3.33. The molecule has 9 heteroatoms. The van der Waals surface area contributed by atoms with Crippen LogP contribution >= 0.6 is 0 Å². The average molecular weight is 451 g/mol. The molecular weight excluding hydrogens is 412 g/mol. The maximum atomic E-state index is 13.1. The Morgan fingerprint density at radius 1 is 1.06 bits per heavy atom. The van der Waals surface area contributed by atoms with Crippen molar-refractivity contribution in [3.8, 4) is 5.75 Å². The molecular formula is C23H38N4O5. The van der Waals surface area contributed by atoms with Crippen molar-refractivity contribution in [3.05, 3.63) is 29.8 Å². The number of nitrogens with zero attached hydrogens (tertiary/aromatic N) is 2. The summed E-state index contributed by atoms with van der Waals surface area (Å²) in [5, 5.41) is 0. The Labute approximate surface area is 191 Å². The van der Waals surface area contributed by atoms with E-state index in [9.17, 15) is 14.4 Å². The molecule has 0 fully saturated rings. The topological polar surface area (TPSA) is 128 Å². The summed E-state index contributed by atoms with van der Waals surface area (Å²) in [5.41, 5.74) is 11.6. The molecule has 0 aliphatic rings. The number of hydrogen-bond donors (Lipinski definition) is 2. The van der Waals surface area contributed by atoms with Crippen molar-refractivity contribution >= 4 is 17.7 Å². The Morgan fingerprint density at radius 3 is 2.12 bits per heavy atom. The van der Waals surface area contributed by atoms with Gasteiger partial charge in [0.1, 0.15) is 17.8 Å². The predicted molar refractivity (Wildman–Crippen MR) is 123 cm³/mol. The number of carbonyl (C=O) groups is 3. The van der Waals surface area contributed by atoms with Gasteiger partial charge in [-0.2, -0.15) is 0 Å². The minimum absolute atomic E-state index is 0.0576. The fraction of sp³-hybridized carbons (Fsp3) is 0.609. The van der Waals surface area contributed by atoms with Gasteiger partial charge in [-0.25, -0.2) is 0 Å². The number of primary amides is 1. The second kappa shape index (κ2) is 12.4. The molecule has 0 bridgehead atoms. The molecule has 0 saturated carbocycles. The summed E-state index contributed by atoms with van der Waals surface area (Å²) >= 11 is 0. The molecule has 1 rings (SSSR count). The highest BCUT2D eigenvalue weighted by atomic mass is 16.5. The van der Waals surface area contributed by atoms with Crippen LogP contribution in [0, 0.1) is 0 Å². The summed E-state index contributed by atoms with van der Waals surface area (Å²) in [6.07, 6.45) is 1.16. The molecule has 0 spiro atoms. The highest BCUT2D eigenvalue weighted by Crippen LogP contribution is 2.23. The van der Waals surface area contributed by atoms with Crippen molar-refractivity contribution in [2.24, 2.45) is 11.5 Å². The maximum absolute atomic E-state index is 13.1. The maximum Gasteiger partial charge on any atom is 0.247 e. The van der Waals surface area contributed by atoms with Gasteiger partial charge in [0.05, 0.1) is 19.3 Å². The molecule has 1 aromatic carbocycles. The zero-order valence-corrected chi connectivity index (χ0v) is 20.1. The number of benzene rings is 1. The van der Waals surface area contributed by atoms with Crippen molar-refractivity contribution in [1.82, 2.24) is 9.80 Å². The van der Waals surface area contributed by atoms with Gasteiger partial charge in [0.2, 0.25) is 17.7 Å². The molecule has 0 aliphatic carbocycles. The van der Waals surface area contributed by atoms with Gasteiger partial charge in [-0.3, -0.25) is 14.4 Å². The Bertz CT molecular complexity index is 766. The van der Waals surface area contributed by atoms with E-state index in [0.717, 1.165) is 11.3 Å². The quantitative estimate of drug-likeness (QED) is 0.466. The molecule has 9 nitrogen and oxygen atoms in total. The van der Waals surface area contributed by atoms with Crippen LogP contribution in [0.2, 0.25) is 0 Å². The van der Waals surface area contributed by atoms with Gasteiger partial charge in [-0.1, -0.05) is 19.1 Å². The smallest absolute Gasteiger partial charge is 0.247 e. The summed E-state index contributed by atoms with van der Waals surface area (Å²) in [6.45, 7) is 5.82. The van der Waals surface area contributed by atoms with Crippen molar-refractivity contribution < 1.29 is 23.9 Å². The molecule has 0 heterocycles. The van der Waals surface area contributed by atoms with Crippen LogP contribution in [0.1, 0.15) is 45.6 Å². The standard InChI is InChI=1S/C23H38N4O5/c1-7-8-20(28)26(4)19(14-24)22(30)27(5)18(21(25)29)13-23(2,3)32-15-16-9-11-17(31-6)12-10-16/h9-12,18-19H,7-8,13-15,24H2,1-6H3,(H2,25,29)/t18-,19+/m0/s1. The Morgan fingerprint density at radius 2 is 1.66 bits per heavy atom. The van der Waals surface area contributed by atoms with Gasteiger partial charge in [0, 0.05) is 33.5 Å². The summed E-state index contributed by atoms with van der Waals surface area (Å²) < 4.78 is 11.2. The lowest BCUT2D eigenvalue weighted by Gasteiger charge is -2.36. The van der Waals surface area contributed by atoms with Gasteiger partial charge in [-0.15, -0.1) is 0 Å². The first kappa shape index (κ1) is 27.4. The highest BCUT2D eigenvalue weighted by Gasteiger charge is 2.36. The monoisotopic (exact) mass is 450 g/mol. The largest absolute Gasteiger partial charge is 0.497 e. The lowest BCUT2D eigenvalue weighted by atomic mass is 9.96. The zero-order chi connectivity index (χ0) is 24.5. The van der Waals surface area contributed by atoms with Crippen LogP contribution in [0.5, 0.6) is 5.75 Å². The number of carbonyl (C=O) groups excluding carboxylic acids is 3. The van der Waals surface area contributed by atoms with E-state index in [1.54, 1.807) is 14.2 Å². The van der Waals surface area contributed by atoms with E-state index in [-0.39, 0.29) is 18.9 Å². The fourth-order valence-corrected chi connectivity index (χ4v) is 3.33. The van der Waals surface area contributed by atoms with E-state index in [1.807, 2.05) is 45.0 Å². The van der Waals surface area contributed by atoms with Gasteiger partial charge in [0.15, 0.2) is 0 Å². The molecule has 0 saturated heterocycles. The summed E-state index contributed by atoms with van der Waals surface area (Å²) in [5.74, 6) is -0.517. The molecule has 32 heavy (non-hydrogen) atoms. The molecule has 180 valence electrons. The summed E-state index contributed by atoms with van der Waals surface area (Å²) in [7, 11) is 4.64. The number of rotatable bonds is 13. The average Bonchev–Trinajstić information content (AvgIpc) is 2.76. The minimum Gasteiger partial charge on any atom is -0.497 e. The third kappa shape index (κ3) is 7.80. The predicted octanol–water partition coefficient (Wildman–Crippen LogP) is 1.28. The number of ether oxygens (including phenoxy) is 2. The third-order valence-electron chi connectivity index (χ3n) is 5.45. The number of likely N-dealkylation sites (N-methyl/N-ethyl adjacent to an activating group) is 2. The van der Waals surface area contributed by atoms with E-state index >= 15 is 0 Å².